The maximum absolute atomic E-state index is 3.18. The molecule has 0 saturated heterocycles. The van der Waals surface area contributed by atoms with Crippen molar-refractivity contribution >= 4 is 31.8 Å². The van der Waals surface area contributed by atoms with Gasteiger partial charge in [-0.2, -0.15) is 12.1 Å². The van der Waals surface area contributed by atoms with Gasteiger partial charge in [0, 0.05) is 10.2 Å². The third-order valence-electron chi connectivity index (χ3n) is 4.48. The van der Waals surface area contributed by atoms with E-state index in [1.807, 2.05) is 6.92 Å². The van der Waals surface area contributed by atoms with Crippen LogP contribution in [0.3, 0.4) is 0 Å². The largest absolute Gasteiger partial charge is 4.00 e. The second kappa shape index (κ2) is 22.1. The Balaban J connectivity index is -0.000000366. The number of rotatable bonds is 3. The molecule has 4 aromatic rings. The molecule has 0 aliphatic rings. The van der Waals surface area contributed by atoms with Crippen LogP contribution >= 0.6 is 0 Å². The Bertz CT molecular complexity index is 785. The maximum atomic E-state index is 3.18. The third kappa shape index (κ3) is 14.5. The number of halogens is 2. The van der Waals surface area contributed by atoms with Gasteiger partial charge in [-0.1, -0.05) is 78.5 Å². The van der Waals surface area contributed by atoms with Gasteiger partial charge in [-0.3, -0.25) is 0 Å². The van der Waals surface area contributed by atoms with Crippen molar-refractivity contribution in [3.8, 4) is 0 Å². The van der Waals surface area contributed by atoms with Crippen LogP contribution in [0, 0.1) is 13.8 Å². The summed E-state index contributed by atoms with van der Waals surface area (Å²) in [5, 5.41) is 5.39. The van der Waals surface area contributed by atoms with Crippen LogP contribution in [-0.2, 0) is 26.2 Å². The van der Waals surface area contributed by atoms with Crippen molar-refractivity contribution in [1.29, 1.82) is 0 Å². The Morgan fingerprint density at radius 1 is 0.656 bits per heavy atom. The van der Waals surface area contributed by atoms with Gasteiger partial charge in [-0.15, -0.1) is 81.2 Å². The SMILES string of the molecule is CCCCCC.CC[Si].Cc1cc2ccccc2[cH-]1.Cc1cc2ccccc2[cH-]1.[Cl-].[Cl-].[Zr+4]. The third-order valence-corrected chi connectivity index (χ3v) is 4.48. The molecule has 0 amide bonds. The van der Waals surface area contributed by atoms with Gasteiger partial charge in [0.2, 0.25) is 0 Å². The quantitative estimate of drug-likeness (QED) is 0.204. The fourth-order valence-electron chi connectivity index (χ4n) is 3.11. The van der Waals surface area contributed by atoms with E-state index in [0.29, 0.717) is 0 Å². The van der Waals surface area contributed by atoms with Crippen molar-refractivity contribution in [1.82, 2.24) is 0 Å². The molecule has 0 aromatic heterocycles. The van der Waals surface area contributed by atoms with Crippen molar-refractivity contribution in [3.63, 3.8) is 0 Å². The molecule has 0 spiro atoms. The van der Waals surface area contributed by atoms with E-state index in [0.717, 1.165) is 6.04 Å². The molecular formula is C28H37Cl2SiZr. The van der Waals surface area contributed by atoms with Crippen LogP contribution in [0.25, 0.3) is 21.5 Å². The van der Waals surface area contributed by atoms with Crippen molar-refractivity contribution in [3.05, 3.63) is 83.9 Å². The Labute approximate surface area is 231 Å². The molecule has 4 heteroatoms. The van der Waals surface area contributed by atoms with Gasteiger partial charge in [-0.05, 0) is 0 Å². The summed E-state index contributed by atoms with van der Waals surface area (Å²) in [5.41, 5.74) is 2.70. The monoisotopic (exact) mass is 561 g/mol. The number of hydrogen-bond acceptors (Lipinski definition) is 0. The molecule has 3 radical (unpaired) electrons. The van der Waals surface area contributed by atoms with Crippen LogP contribution in [-0.4, -0.2) is 10.2 Å². The van der Waals surface area contributed by atoms with Crippen LogP contribution in [0.4, 0.5) is 0 Å². The van der Waals surface area contributed by atoms with Crippen molar-refractivity contribution in [2.75, 3.05) is 0 Å². The summed E-state index contributed by atoms with van der Waals surface area (Å²) in [6.07, 6.45) is 5.54. The Morgan fingerprint density at radius 3 is 1.25 bits per heavy atom. The van der Waals surface area contributed by atoms with E-state index in [1.165, 1.54) is 58.4 Å². The maximum Gasteiger partial charge on any atom is 4.00 e. The van der Waals surface area contributed by atoms with Crippen LogP contribution in [0.15, 0.2) is 72.8 Å². The number of benzene rings is 2. The predicted molar refractivity (Wildman–Crippen MR) is 135 cm³/mol. The first-order valence-electron chi connectivity index (χ1n) is 10.9. The van der Waals surface area contributed by atoms with Crippen LogP contribution in [0.2, 0.25) is 6.04 Å². The van der Waals surface area contributed by atoms with Gasteiger partial charge in [0.15, 0.2) is 0 Å². The Hall–Kier alpha value is -0.660. The second-order valence-electron chi connectivity index (χ2n) is 7.38. The van der Waals surface area contributed by atoms with Gasteiger partial charge in [-0.25, -0.2) is 0 Å². The molecule has 0 aliphatic carbocycles. The molecule has 0 nitrogen and oxygen atoms in total. The molecule has 4 rings (SSSR count). The molecule has 0 unspecified atom stereocenters. The van der Waals surface area contributed by atoms with E-state index in [-0.39, 0.29) is 51.0 Å². The van der Waals surface area contributed by atoms with Crippen LogP contribution < -0.4 is 24.8 Å². The van der Waals surface area contributed by atoms with Crippen molar-refractivity contribution in [2.24, 2.45) is 0 Å². The minimum Gasteiger partial charge on any atom is -1.00 e. The zero-order valence-electron chi connectivity index (χ0n) is 20.2. The molecule has 32 heavy (non-hydrogen) atoms. The summed E-state index contributed by atoms with van der Waals surface area (Å²) in [6, 6.07) is 26.7. The Morgan fingerprint density at radius 2 is 0.969 bits per heavy atom. The van der Waals surface area contributed by atoms with Gasteiger partial charge >= 0.3 is 26.2 Å². The minimum atomic E-state index is 0. The summed E-state index contributed by atoms with van der Waals surface area (Å²) in [7, 11) is 3.18. The van der Waals surface area contributed by atoms with Gasteiger partial charge in [0.1, 0.15) is 0 Å². The average molecular weight is 564 g/mol. The molecule has 0 atom stereocenters. The van der Waals surface area contributed by atoms with E-state index in [4.69, 9.17) is 0 Å². The predicted octanol–water partition coefficient (Wildman–Crippen LogP) is 2.92. The molecular weight excluding hydrogens is 527 g/mol. The summed E-state index contributed by atoms with van der Waals surface area (Å²) in [6.45, 7) is 10.8. The molecule has 0 N–H and O–H groups in total. The molecule has 0 aliphatic heterocycles. The van der Waals surface area contributed by atoms with Crippen molar-refractivity contribution in [2.45, 2.75) is 66.3 Å². The summed E-state index contributed by atoms with van der Waals surface area (Å²) in [5.74, 6) is 0. The van der Waals surface area contributed by atoms with E-state index in [1.54, 1.807) is 0 Å². The first-order valence-corrected chi connectivity index (χ1v) is 11.6. The van der Waals surface area contributed by atoms with Gasteiger partial charge in [0.25, 0.3) is 0 Å². The standard InChI is InChI=1S/2C10H9.C6H14.C2H5Si.2ClH.Zr/c2*1-8-6-9-4-2-3-5-10(9)7-8;1-3-5-6-4-2;1-2-3;;;/h2*2-7H,1H3;3-6H2,1-2H3;2H2,1H3;2*1H;/q2*-1;;;;;+4/p-2. The summed E-state index contributed by atoms with van der Waals surface area (Å²) in [4.78, 5) is 0. The van der Waals surface area contributed by atoms with E-state index < -0.39 is 0 Å². The zero-order chi connectivity index (χ0) is 21.5. The summed E-state index contributed by atoms with van der Waals surface area (Å²) < 4.78 is 0. The summed E-state index contributed by atoms with van der Waals surface area (Å²) >= 11 is 0. The second-order valence-corrected chi connectivity index (χ2v) is 8.09. The number of unbranched alkanes of at least 4 members (excludes halogenated alkanes) is 3. The van der Waals surface area contributed by atoms with E-state index in [9.17, 15) is 0 Å². The first kappa shape index (κ1) is 35.9. The average Bonchev–Trinajstić information content (AvgIpc) is 3.28. The Kier molecular flexibility index (Phi) is 24.9. The molecule has 0 saturated carbocycles. The molecule has 0 fully saturated rings. The first-order chi connectivity index (χ1) is 14.0. The van der Waals surface area contributed by atoms with E-state index in [2.05, 4.69) is 111 Å². The number of hydrogen-bond donors (Lipinski definition) is 0. The van der Waals surface area contributed by atoms with Gasteiger partial charge < -0.3 is 24.8 Å². The normalized spacial score (nSPS) is 8.81. The fourth-order valence-corrected chi connectivity index (χ4v) is 3.11. The van der Waals surface area contributed by atoms with Gasteiger partial charge in [0.05, 0.1) is 0 Å². The topological polar surface area (TPSA) is 0 Å². The van der Waals surface area contributed by atoms with Crippen LogP contribution in [0.1, 0.15) is 57.6 Å². The van der Waals surface area contributed by atoms with Crippen LogP contribution in [0.5, 0.6) is 0 Å². The van der Waals surface area contributed by atoms with Crippen molar-refractivity contribution < 1.29 is 51.0 Å². The molecule has 0 heterocycles. The zero-order valence-corrected chi connectivity index (χ0v) is 25.2. The number of aryl methyl sites for hydroxylation is 2. The molecule has 171 valence electrons. The molecule has 4 aromatic carbocycles. The fraction of sp³-hybridized carbons (Fsp3) is 0.357. The number of fused-ring (bicyclic) bond motifs is 2. The molecule has 0 bridgehead atoms. The minimum absolute atomic E-state index is 0. The van der Waals surface area contributed by atoms with E-state index >= 15 is 0 Å². The smallest absolute Gasteiger partial charge is 1.00 e.